The topological polar surface area (TPSA) is 84.9 Å². The van der Waals surface area contributed by atoms with Gasteiger partial charge in [-0.3, -0.25) is 4.79 Å². The Balaban J connectivity index is 2.19. The molecule has 0 saturated heterocycles. The maximum atomic E-state index is 13.0. The zero-order valence-electron chi connectivity index (χ0n) is 17.5. The molecule has 0 saturated carbocycles. The lowest BCUT2D eigenvalue weighted by molar-refractivity contribution is -0.137. The van der Waals surface area contributed by atoms with E-state index in [1.165, 1.54) is 6.07 Å². The summed E-state index contributed by atoms with van der Waals surface area (Å²) in [5.74, 6) is 0.154. The van der Waals surface area contributed by atoms with Gasteiger partial charge in [-0.05, 0) is 44.2 Å². The average molecular weight is 495 g/mol. The van der Waals surface area contributed by atoms with Crippen LogP contribution in [-0.4, -0.2) is 45.4 Å². The molecule has 12 heteroatoms. The molecule has 0 aliphatic heterocycles. The number of halogens is 4. The first kappa shape index (κ1) is 25.8. The van der Waals surface area contributed by atoms with Crippen molar-refractivity contribution < 1.29 is 35.9 Å². The molecule has 32 heavy (non-hydrogen) atoms. The van der Waals surface area contributed by atoms with E-state index in [2.05, 4.69) is 5.32 Å². The molecule has 2 aromatic carbocycles. The molecule has 176 valence electrons. The van der Waals surface area contributed by atoms with Gasteiger partial charge in [-0.15, -0.1) is 0 Å². The molecule has 0 heterocycles. The smallest absolute Gasteiger partial charge is 0.416 e. The van der Waals surface area contributed by atoms with Crippen LogP contribution < -0.4 is 14.8 Å². The van der Waals surface area contributed by atoms with Gasteiger partial charge in [0.25, 0.3) is 0 Å². The number of hydrogen-bond donors (Lipinski definition) is 1. The summed E-state index contributed by atoms with van der Waals surface area (Å²) in [6.07, 6.45) is -4.75. The number of ether oxygens (including phenoxy) is 2. The van der Waals surface area contributed by atoms with Crippen LogP contribution in [0, 0.1) is 0 Å². The molecular weight excluding hydrogens is 473 g/mol. The number of nitrogens with zero attached hydrogens (tertiary/aromatic N) is 1. The van der Waals surface area contributed by atoms with Crippen molar-refractivity contribution in [2.45, 2.75) is 24.9 Å². The molecule has 0 unspecified atom stereocenters. The van der Waals surface area contributed by atoms with Crippen molar-refractivity contribution in [3.63, 3.8) is 0 Å². The largest absolute Gasteiger partial charge is 0.490 e. The normalized spacial score (nSPS) is 12.0. The molecule has 0 fully saturated rings. The van der Waals surface area contributed by atoms with Gasteiger partial charge in [0.05, 0.1) is 30.3 Å². The number of rotatable bonds is 9. The van der Waals surface area contributed by atoms with Crippen molar-refractivity contribution in [1.29, 1.82) is 0 Å². The Labute approximate surface area is 189 Å². The first-order valence-corrected chi connectivity index (χ1v) is 11.2. The average Bonchev–Trinajstić information content (AvgIpc) is 2.69. The van der Waals surface area contributed by atoms with Gasteiger partial charge in [0.1, 0.15) is 4.90 Å². The zero-order valence-corrected chi connectivity index (χ0v) is 19.1. The summed E-state index contributed by atoms with van der Waals surface area (Å²) in [6.45, 7) is 3.69. The molecule has 0 radical (unpaired) electrons. The van der Waals surface area contributed by atoms with Crippen LogP contribution in [0.15, 0.2) is 41.3 Å². The fourth-order valence-electron chi connectivity index (χ4n) is 2.66. The highest BCUT2D eigenvalue weighted by Gasteiger charge is 2.34. The van der Waals surface area contributed by atoms with Gasteiger partial charge in [0.2, 0.25) is 15.9 Å². The number of likely N-dealkylation sites (N-methyl/N-ethyl adjacent to an activating group) is 1. The van der Waals surface area contributed by atoms with Crippen molar-refractivity contribution >= 4 is 33.2 Å². The highest BCUT2D eigenvalue weighted by atomic mass is 35.5. The molecule has 0 aliphatic carbocycles. The van der Waals surface area contributed by atoms with E-state index in [0.29, 0.717) is 46.8 Å². The number of alkyl halides is 3. The van der Waals surface area contributed by atoms with E-state index in [-0.39, 0.29) is 0 Å². The summed E-state index contributed by atoms with van der Waals surface area (Å²) in [4.78, 5) is 11.6. The molecule has 1 amide bonds. The number of carbonyl (C=O) groups is 1. The summed E-state index contributed by atoms with van der Waals surface area (Å²) in [5.41, 5.74) is -0.846. The van der Waals surface area contributed by atoms with E-state index in [0.717, 1.165) is 13.1 Å². The van der Waals surface area contributed by atoms with E-state index in [1.807, 2.05) is 0 Å². The van der Waals surface area contributed by atoms with Gasteiger partial charge >= 0.3 is 6.18 Å². The second-order valence-corrected chi connectivity index (χ2v) is 8.90. The molecule has 7 nitrogen and oxygen atoms in total. The molecule has 0 bridgehead atoms. The minimum atomic E-state index is -4.75. The predicted octanol–water partition coefficient (Wildman–Crippen LogP) is 4.42. The number of hydrogen-bond acceptors (Lipinski definition) is 5. The third-order valence-electron chi connectivity index (χ3n) is 4.14. The maximum absolute atomic E-state index is 13.0. The number of nitrogens with one attached hydrogen (secondary N) is 1. The minimum absolute atomic E-state index is 0.324. The number of anilines is 1. The van der Waals surface area contributed by atoms with Crippen LogP contribution in [0.2, 0.25) is 5.02 Å². The Morgan fingerprint density at radius 1 is 1.06 bits per heavy atom. The van der Waals surface area contributed by atoms with Gasteiger partial charge < -0.3 is 14.8 Å². The van der Waals surface area contributed by atoms with Crippen LogP contribution >= 0.6 is 11.6 Å². The molecule has 2 aromatic rings. The van der Waals surface area contributed by atoms with E-state index in [4.69, 9.17) is 21.1 Å². The van der Waals surface area contributed by atoms with Crippen LogP contribution in [-0.2, 0) is 21.0 Å². The Morgan fingerprint density at radius 2 is 1.69 bits per heavy atom. The van der Waals surface area contributed by atoms with Crippen molar-refractivity contribution in [3.05, 3.63) is 47.0 Å². The van der Waals surface area contributed by atoms with Crippen LogP contribution in [0.4, 0.5) is 18.9 Å². The molecule has 0 spiro atoms. The first-order valence-electron chi connectivity index (χ1n) is 9.42. The molecule has 2 rings (SSSR count). The quantitative estimate of drug-likeness (QED) is 0.558. The fourth-order valence-corrected chi connectivity index (χ4v) is 4.29. The monoisotopic (exact) mass is 494 g/mol. The maximum Gasteiger partial charge on any atom is 0.416 e. The fraction of sp³-hybridized carbons (Fsp3) is 0.350. The van der Waals surface area contributed by atoms with Crippen molar-refractivity contribution in [3.8, 4) is 11.5 Å². The van der Waals surface area contributed by atoms with Gasteiger partial charge in [-0.2, -0.15) is 17.5 Å². The summed E-state index contributed by atoms with van der Waals surface area (Å²) in [7, 11) is -3.41. The first-order chi connectivity index (χ1) is 14.9. The Kier molecular flexibility index (Phi) is 8.38. The third kappa shape index (κ3) is 6.27. The standard InChI is InChI=1S/C20H22ClF3N2O5S/c1-4-30-16-9-7-14(11-17(16)31-5-2)25-19(27)12-26(3)32(28,29)18-10-13(20(22,23)24)6-8-15(18)21/h6-11H,4-5,12H2,1-3H3,(H,25,27). The van der Waals surface area contributed by atoms with Crippen LogP contribution in [0.3, 0.4) is 0 Å². The second-order valence-electron chi connectivity index (χ2n) is 6.48. The second kappa shape index (κ2) is 10.4. The van der Waals surface area contributed by atoms with Gasteiger partial charge in [-0.1, -0.05) is 11.6 Å². The van der Waals surface area contributed by atoms with Crippen LogP contribution in [0.25, 0.3) is 0 Å². The molecular formula is C20H22ClF3N2O5S. The minimum Gasteiger partial charge on any atom is -0.490 e. The lowest BCUT2D eigenvalue weighted by Crippen LogP contribution is -2.35. The summed E-state index contributed by atoms with van der Waals surface area (Å²) in [6, 6.07) is 6.62. The number of sulfonamides is 1. The lowest BCUT2D eigenvalue weighted by atomic mass is 10.2. The Hall–Kier alpha value is -2.50. The number of carbonyl (C=O) groups excluding carboxylic acids is 1. The van der Waals surface area contributed by atoms with Crippen LogP contribution in [0.5, 0.6) is 11.5 Å². The molecule has 0 aliphatic rings. The molecule has 1 N–H and O–H groups in total. The highest BCUT2D eigenvalue weighted by molar-refractivity contribution is 7.89. The SMILES string of the molecule is CCOc1ccc(NC(=O)CN(C)S(=O)(=O)c2cc(C(F)(F)F)ccc2Cl)cc1OCC. The third-order valence-corrected chi connectivity index (χ3v) is 6.43. The predicted molar refractivity (Wildman–Crippen MR) is 114 cm³/mol. The zero-order chi connectivity index (χ0) is 24.1. The van der Waals surface area contributed by atoms with E-state index in [9.17, 15) is 26.4 Å². The van der Waals surface area contributed by atoms with Gasteiger partial charge in [0.15, 0.2) is 11.5 Å². The lowest BCUT2D eigenvalue weighted by Gasteiger charge is -2.19. The summed E-state index contributed by atoms with van der Waals surface area (Å²) >= 11 is 5.83. The Morgan fingerprint density at radius 3 is 2.28 bits per heavy atom. The Bertz CT molecular complexity index is 1080. The summed E-state index contributed by atoms with van der Waals surface area (Å²) in [5, 5.41) is 2.13. The van der Waals surface area contributed by atoms with Gasteiger partial charge in [-0.25, -0.2) is 8.42 Å². The van der Waals surface area contributed by atoms with Gasteiger partial charge in [0, 0.05) is 18.8 Å². The molecule has 0 aromatic heterocycles. The molecule has 0 atom stereocenters. The van der Waals surface area contributed by atoms with E-state index >= 15 is 0 Å². The van der Waals surface area contributed by atoms with E-state index in [1.54, 1.807) is 26.0 Å². The van der Waals surface area contributed by atoms with Crippen molar-refractivity contribution in [1.82, 2.24) is 4.31 Å². The number of benzene rings is 2. The van der Waals surface area contributed by atoms with Crippen molar-refractivity contribution in [2.75, 3.05) is 32.1 Å². The van der Waals surface area contributed by atoms with Crippen LogP contribution in [0.1, 0.15) is 19.4 Å². The van der Waals surface area contributed by atoms with Crippen molar-refractivity contribution in [2.24, 2.45) is 0 Å². The summed E-state index contributed by atoms with van der Waals surface area (Å²) < 4.78 is 75.9. The highest BCUT2D eigenvalue weighted by Crippen LogP contribution is 2.34. The number of amides is 1. The van der Waals surface area contributed by atoms with E-state index < -0.39 is 44.1 Å².